The van der Waals surface area contributed by atoms with Gasteiger partial charge in [-0.05, 0) is 6.92 Å². The molecule has 0 spiro atoms. The molecule has 0 bridgehead atoms. The minimum absolute atomic E-state index is 0.267. The molecular formula is C3H8N4O. The predicted octanol–water partition coefficient (Wildman–Crippen LogP) is -1.05. The molecule has 0 saturated carbocycles. The number of nitrogens with zero attached hydrogens (tertiary/aromatic N) is 1. The molecule has 0 aliphatic carbocycles. The molecule has 5 heteroatoms. The van der Waals surface area contributed by atoms with E-state index < -0.39 is 6.03 Å². The molecule has 0 aliphatic rings. The van der Waals surface area contributed by atoms with Gasteiger partial charge in [0.1, 0.15) is 5.84 Å². The number of amidine groups is 1. The lowest BCUT2D eigenvalue weighted by Gasteiger charge is -1.90. The summed E-state index contributed by atoms with van der Waals surface area (Å²) in [5.41, 5.74) is 11.6. The van der Waals surface area contributed by atoms with Crippen LogP contribution in [-0.4, -0.2) is 11.9 Å². The van der Waals surface area contributed by atoms with Crippen molar-refractivity contribution in [3.63, 3.8) is 0 Å². The Morgan fingerprint density at radius 1 is 1.62 bits per heavy atom. The summed E-state index contributed by atoms with van der Waals surface area (Å²) in [6.07, 6.45) is 0. The fourth-order valence-corrected chi connectivity index (χ4v) is 0.143. The van der Waals surface area contributed by atoms with Crippen molar-refractivity contribution in [2.45, 2.75) is 6.92 Å². The highest BCUT2D eigenvalue weighted by atomic mass is 16.2. The van der Waals surface area contributed by atoms with E-state index >= 15 is 0 Å². The molecule has 0 aliphatic heterocycles. The van der Waals surface area contributed by atoms with Gasteiger partial charge in [-0.2, -0.15) is 5.10 Å². The summed E-state index contributed by atoms with van der Waals surface area (Å²) in [6, 6.07) is -0.713. The Morgan fingerprint density at radius 3 is 2.25 bits per heavy atom. The Bertz CT molecular complexity index is 114. The molecule has 46 valence electrons. The van der Waals surface area contributed by atoms with Crippen LogP contribution in [0.1, 0.15) is 6.92 Å². The molecule has 2 amide bonds. The van der Waals surface area contributed by atoms with E-state index in [0.29, 0.717) is 0 Å². The van der Waals surface area contributed by atoms with Crippen LogP contribution in [0.25, 0.3) is 0 Å². The highest BCUT2D eigenvalue weighted by Gasteiger charge is 1.83. The summed E-state index contributed by atoms with van der Waals surface area (Å²) in [6.45, 7) is 1.54. The molecule has 5 nitrogen and oxygen atoms in total. The van der Waals surface area contributed by atoms with Gasteiger partial charge in [-0.15, -0.1) is 0 Å². The van der Waals surface area contributed by atoms with Gasteiger partial charge in [0.2, 0.25) is 0 Å². The minimum atomic E-state index is -0.713. The zero-order valence-electron chi connectivity index (χ0n) is 4.51. The van der Waals surface area contributed by atoms with Crippen LogP contribution in [0.2, 0.25) is 0 Å². The number of primary amides is 1. The number of nitrogens with two attached hydrogens (primary N) is 2. The van der Waals surface area contributed by atoms with Crippen molar-refractivity contribution in [1.82, 2.24) is 5.43 Å². The normalized spacial score (nSPS) is 10.9. The lowest BCUT2D eigenvalue weighted by atomic mass is 10.7. The third-order valence-corrected chi connectivity index (χ3v) is 0.342. The van der Waals surface area contributed by atoms with Crippen molar-refractivity contribution >= 4 is 11.9 Å². The van der Waals surface area contributed by atoms with E-state index in [-0.39, 0.29) is 5.84 Å². The van der Waals surface area contributed by atoms with Crippen LogP contribution in [-0.2, 0) is 0 Å². The van der Waals surface area contributed by atoms with Gasteiger partial charge in [0, 0.05) is 0 Å². The van der Waals surface area contributed by atoms with Gasteiger partial charge in [-0.3, -0.25) is 0 Å². The number of hydrogen-bond acceptors (Lipinski definition) is 2. The van der Waals surface area contributed by atoms with Gasteiger partial charge in [0.05, 0.1) is 0 Å². The number of nitrogens with one attached hydrogen (secondary N) is 1. The lowest BCUT2D eigenvalue weighted by molar-refractivity contribution is 0.249. The third kappa shape index (κ3) is 4.74. The largest absolute Gasteiger partial charge is 0.386 e. The van der Waals surface area contributed by atoms with Crippen LogP contribution in [0.15, 0.2) is 5.10 Å². The first kappa shape index (κ1) is 6.74. The van der Waals surface area contributed by atoms with Crippen LogP contribution >= 0.6 is 0 Å². The first-order valence-electron chi connectivity index (χ1n) is 1.98. The van der Waals surface area contributed by atoms with E-state index in [9.17, 15) is 4.79 Å². The van der Waals surface area contributed by atoms with Crippen molar-refractivity contribution in [2.24, 2.45) is 16.6 Å². The standard InChI is InChI=1S/C3H8N4O/c1-2(4)6-7-3(5)8/h1H3,(H2,4,6)(H3,5,7,8). The molecule has 0 aromatic rings. The summed E-state index contributed by atoms with van der Waals surface area (Å²) in [5.74, 6) is 0.267. The molecule has 0 heterocycles. The molecule has 0 unspecified atom stereocenters. The van der Waals surface area contributed by atoms with E-state index in [0.717, 1.165) is 0 Å². The minimum Gasteiger partial charge on any atom is -0.386 e. The second-order valence-corrected chi connectivity index (χ2v) is 1.23. The van der Waals surface area contributed by atoms with Crippen molar-refractivity contribution in [3.05, 3.63) is 0 Å². The van der Waals surface area contributed by atoms with E-state index in [1.807, 2.05) is 5.43 Å². The maximum Gasteiger partial charge on any atom is 0.332 e. The number of hydrogen-bond donors (Lipinski definition) is 3. The van der Waals surface area contributed by atoms with Gasteiger partial charge >= 0.3 is 6.03 Å². The average molecular weight is 116 g/mol. The highest BCUT2D eigenvalue weighted by Crippen LogP contribution is 1.59. The summed E-state index contributed by atoms with van der Waals surface area (Å²) >= 11 is 0. The SMILES string of the molecule is CC(N)=NNC(N)=O. The zero-order valence-corrected chi connectivity index (χ0v) is 4.51. The first-order valence-corrected chi connectivity index (χ1v) is 1.98. The average Bonchev–Trinajstić information content (AvgIpc) is 1.61. The highest BCUT2D eigenvalue weighted by molar-refractivity contribution is 5.80. The van der Waals surface area contributed by atoms with E-state index in [1.165, 1.54) is 6.92 Å². The topological polar surface area (TPSA) is 93.5 Å². The molecule has 0 atom stereocenters. The van der Waals surface area contributed by atoms with E-state index in [4.69, 9.17) is 5.73 Å². The second-order valence-electron chi connectivity index (χ2n) is 1.23. The Kier molecular flexibility index (Phi) is 2.39. The molecule has 0 rings (SSSR count). The molecule has 5 N–H and O–H groups in total. The second kappa shape index (κ2) is 2.84. The fourth-order valence-electron chi connectivity index (χ4n) is 0.143. The predicted molar refractivity (Wildman–Crippen MR) is 30.0 cm³/mol. The molecule has 0 radical (unpaired) electrons. The molecule has 0 fully saturated rings. The number of carbonyl (C=O) groups excluding carboxylic acids is 1. The Morgan fingerprint density at radius 2 is 2.12 bits per heavy atom. The Hall–Kier alpha value is -1.26. The number of carbonyl (C=O) groups is 1. The van der Waals surface area contributed by atoms with Gasteiger partial charge in [-0.25, -0.2) is 10.2 Å². The monoisotopic (exact) mass is 116 g/mol. The number of rotatable bonds is 1. The summed E-state index contributed by atoms with van der Waals surface area (Å²) in [7, 11) is 0. The third-order valence-electron chi connectivity index (χ3n) is 0.342. The quantitative estimate of drug-likeness (QED) is 0.231. The van der Waals surface area contributed by atoms with Crippen LogP contribution in [0.4, 0.5) is 4.79 Å². The Labute approximate surface area is 46.7 Å². The Balaban J connectivity index is 3.45. The molecular weight excluding hydrogens is 108 g/mol. The summed E-state index contributed by atoms with van der Waals surface area (Å²) in [5, 5.41) is 3.29. The maximum absolute atomic E-state index is 9.85. The van der Waals surface area contributed by atoms with E-state index in [2.05, 4.69) is 10.8 Å². The van der Waals surface area contributed by atoms with Crippen LogP contribution in [0.3, 0.4) is 0 Å². The molecule has 8 heavy (non-hydrogen) atoms. The van der Waals surface area contributed by atoms with Crippen molar-refractivity contribution in [3.8, 4) is 0 Å². The fraction of sp³-hybridized carbons (Fsp3) is 0.333. The van der Waals surface area contributed by atoms with Gasteiger partial charge in [0.15, 0.2) is 0 Å². The van der Waals surface area contributed by atoms with Crippen molar-refractivity contribution in [2.75, 3.05) is 0 Å². The maximum atomic E-state index is 9.85. The van der Waals surface area contributed by atoms with E-state index in [1.54, 1.807) is 0 Å². The smallest absolute Gasteiger partial charge is 0.332 e. The molecule has 0 saturated heterocycles. The van der Waals surface area contributed by atoms with Crippen molar-refractivity contribution in [1.29, 1.82) is 0 Å². The van der Waals surface area contributed by atoms with Gasteiger partial charge in [0.25, 0.3) is 0 Å². The van der Waals surface area contributed by atoms with Gasteiger partial charge < -0.3 is 11.5 Å². The zero-order chi connectivity index (χ0) is 6.57. The van der Waals surface area contributed by atoms with Crippen LogP contribution < -0.4 is 16.9 Å². The number of hydrazone groups is 1. The summed E-state index contributed by atoms with van der Waals surface area (Å²) in [4.78, 5) is 9.85. The van der Waals surface area contributed by atoms with Gasteiger partial charge in [-0.1, -0.05) is 0 Å². The lowest BCUT2D eigenvalue weighted by Crippen LogP contribution is -2.26. The first-order chi connectivity index (χ1) is 3.63. The van der Waals surface area contributed by atoms with Crippen LogP contribution in [0, 0.1) is 0 Å². The van der Waals surface area contributed by atoms with Crippen LogP contribution in [0.5, 0.6) is 0 Å². The van der Waals surface area contributed by atoms with Crippen molar-refractivity contribution < 1.29 is 4.79 Å². The summed E-state index contributed by atoms with van der Waals surface area (Å²) < 4.78 is 0. The molecule has 0 aromatic carbocycles. The molecule has 0 aromatic heterocycles. The number of amides is 2. The number of urea groups is 1.